The second-order valence-electron chi connectivity index (χ2n) is 8.38. The Bertz CT molecular complexity index is 436. The van der Waals surface area contributed by atoms with Crippen LogP contribution < -0.4 is 5.73 Å². The first-order valence-electron chi connectivity index (χ1n) is 8.03. The lowest BCUT2D eigenvalue weighted by atomic mass is 9.65. The topological polar surface area (TPSA) is 26.0 Å². The van der Waals surface area contributed by atoms with Crippen molar-refractivity contribution in [3.8, 4) is 0 Å². The Kier molecular flexibility index (Phi) is 4.30. The molecule has 1 aliphatic rings. The fourth-order valence-corrected chi connectivity index (χ4v) is 3.54. The van der Waals surface area contributed by atoms with E-state index in [0.717, 1.165) is 6.54 Å². The maximum atomic E-state index is 6.02. The van der Waals surface area contributed by atoms with Crippen LogP contribution >= 0.6 is 0 Å². The summed E-state index contributed by atoms with van der Waals surface area (Å²) in [7, 11) is 0. The van der Waals surface area contributed by atoms with Crippen molar-refractivity contribution in [3.05, 3.63) is 35.4 Å². The van der Waals surface area contributed by atoms with Crippen molar-refractivity contribution < 1.29 is 0 Å². The molecule has 1 fully saturated rings. The molecule has 112 valence electrons. The lowest BCUT2D eigenvalue weighted by Gasteiger charge is -2.41. The summed E-state index contributed by atoms with van der Waals surface area (Å²) in [6.45, 7) is 12.4. The van der Waals surface area contributed by atoms with Crippen molar-refractivity contribution >= 4 is 0 Å². The van der Waals surface area contributed by atoms with E-state index in [1.807, 2.05) is 0 Å². The van der Waals surface area contributed by atoms with E-state index in [9.17, 15) is 0 Å². The number of rotatable bonds is 2. The molecule has 1 aliphatic carbocycles. The molecule has 2 N–H and O–H groups in total. The zero-order chi connectivity index (χ0) is 15.0. The fraction of sp³-hybridized carbons (Fsp3) is 0.684. The first-order chi connectivity index (χ1) is 9.23. The molecule has 0 aromatic heterocycles. The molecule has 1 aromatic rings. The number of hydrogen-bond donors (Lipinski definition) is 1. The van der Waals surface area contributed by atoms with E-state index < -0.39 is 0 Å². The van der Waals surface area contributed by atoms with Gasteiger partial charge >= 0.3 is 0 Å². The van der Waals surface area contributed by atoms with E-state index in [0.29, 0.717) is 17.3 Å². The predicted molar refractivity (Wildman–Crippen MR) is 88.1 cm³/mol. The molecule has 0 heterocycles. The Morgan fingerprint density at radius 3 is 2.25 bits per heavy atom. The van der Waals surface area contributed by atoms with Crippen molar-refractivity contribution in [3.63, 3.8) is 0 Å². The van der Waals surface area contributed by atoms with Crippen LogP contribution in [0.25, 0.3) is 0 Å². The Balaban J connectivity index is 2.24. The molecule has 2 atom stereocenters. The summed E-state index contributed by atoms with van der Waals surface area (Å²) >= 11 is 0. The first kappa shape index (κ1) is 15.6. The zero-order valence-corrected chi connectivity index (χ0v) is 13.9. The van der Waals surface area contributed by atoms with Gasteiger partial charge in [-0.2, -0.15) is 0 Å². The minimum Gasteiger partial charge on any atom is -0.330 e. The summed E-state index contributed by atoms with van der Waals surface area (Å²) in [6.07, 6.45) is 3.85. The van der Waals surface area contributed by atoms with E-state index in [4.69, 9.17) is 5.73 Å². The van der Waals surface area contributed by atoms with Gasteiger partial charge in [-0.1, -0.05) is 58.9 Å². The molecule has 0 aliphatic heterocycles. The average Bonchev–Trinajstić information content (AvgIpc) is 2.37. The Morgan fingerprint density at radius 2 is 1.75 bits per heavy atom. The monoisotopic (exact) mass is 273 g/mol. The van der Waals surface area contributed by atoms with Gasteiger partial charge in [0, 0.05) is 0 Å². The van der Waals surface area contributed by atoms with E-state index in [2.05, 4.69) is 58.9 Å². The molecule has 20 heavy (non-hydrogen) atoms. The van der Waals surface area contributed by atoms with Crippen molar-refractivity contribution in [2.24, 2.45) is 17.1 Å². The van der Waals surface area contributed by atoms with Gasteiger partial charge < -0.3 is 5.73 Å². The number of nitrogens with two attached hydrogens (primary N) is 1. The van der Waals surface area contributed by atoms with E-state index in [-0.39, 0.29) is 5.41 Å². The van der Waals surface area contributed by atoms with Gasteiger partial charge in [0.15, 0.2) is 0 Å². The fourth-order valence-electron chi connectivity index (χ4n) is 3.54. The van der Waals surface area contributed by atoms with Gasteiger partial charge in [-0.05, 0) is 59.6 Å². The molecule has 0 radical (unpaired) electrons. The largest absolute Gasteiger partial charge is 0.330 e. The van der Waals surface area contributed by atoms with Crippen molar-refractivity contribution in [1.82, 2.24) is 0 Å². The summed E-state index contributed by atoms with van der Waals surface area (Å²) in [5, 5.41) is 0. The van der Waals surface area contributed by atoms with Gasteiger partial charge in [0.25, 0.3) is 0 Å². The zero-order valence-electron chi connectivity index (χ0n) is 13.9. The van der Waals surface area contributed by atoms with Crippen LogP contribution in [0.2, 0.25) is 0 Å². The van der Waals surface area contributed by atoms with Crippen LogP contribution in [0.5, 0.6) is 0 Å². The van der Waals surface area contributed by atoms with Crippen LogP contribution in [0.3, 0.4) is 0 Å². The molecule has 2 rings (SSSR count). The smallest absolute Gasteiger partial charge is 0.00430 e. The SMILES string of the molecule is CC1(C)CCC(CN)C(c2ccc(C(C)(C)C)cc2)C1. The lowest BCUT2D eigenvalue weighted by molar-refractivity contribution is 0.165. The highest BCUT2D eigenvalue weighted by Crippen LogP contribution is 2.46. The lowest BCUT2D eigenvalue weighted by Crippen LogP contribution is -2.32. The van der Waals surface area contributed by atoms with Crippen LogP contribution in [0.4, 0.5) is 0 Å². The molecule has 0 spiro atoms. The summed E-state index contributed by atoms with van der Waals surface area (Å²) < 4.78 is 0. The van der Waals surface area contributed by atoms with Gasteiger partial charge in [0.05, 0.1) is 0 Å². The second-order valence-corrected chi connectivity index (χ2v) is 8.38. The normalized spacial score (nSPS) is 26.5. The molecule has 0 bridgehead atoms. The van der Waals surface area contributed by atoms with Gasteiger partial charge in [-0.25, -0.2) is 0 Å². The molecular weight excluding hydrogens is 242 g/mol. The first-order valence-corrected chi connectivity index (χ1v) is 8.03. The highest BCUT2D eigenvalue weighted by atomic mass is 14.6. The Hall–Kier alpha value is -0.820. The Morgan fingerprint density at radius 1 is 1.15 bits per heavy atom. The third-order valence-corrected chi connectivity index (χ3v) is 5.04. The van der Waals surface area contributed by atoms with E-state index >= 15 is 0 Å². The standard InChI is InChI=1S/C19H31N/c1-18(2,3)16-8-6-14(7-9-16)17-12-19(4,5)11-10-15(17)13-20/h6-9,15,17H,10-13,20H2,1-5H3. The van der Waals surface area contributed by atoms with Crippen molar-refractivity contribution in [2.75, 3.05) is 6.54 Å². The molecule has 1 saturated carbocycles. The summed E-state index contributed by atoms with van der Waals surface area (Å²) in [5.41, 5.74) is 9.61. The Labute approximate surface area is 125 Å². The number of hydrogen-bond acceptors (Lipinski definition) is 1. The average molecular weight is 273 g/mol. The van der Waals surface area contributed by atoms with Crippen LogP contribution in [0.1, 0.15) is 70.9 Å². The molecular formula is C19H31N. The highest BCUT2D eigenvalue weighted by Gasteiger charge is 2.34. The van der Waals surface area contributed by atoms with Gasteiger partial charge in [0.2, 0.25) is 0 Å². The summed E-state index contributed by atoms with van der Waals surface area (Å²) in [6, 6.07) is 9.31. The maximum Gasteiger partial charge on any atom is -0.00430 e. The summed E-state index contributed by atoms with van der Waals surface area (Å²) in [5.74, 6) is 1.29. The molecule has 1 aromatic carbocycles. The van der Waals surface area contributed by atoms with Crippen LogP contribution in [0.15, 0.2) is 24.3 Å². The van der Waals surface area contributed by atoms with E-state index in [1.54, 1.807) is 0 Å². The van der Waals surface area contributed by atoms with Crippen LogP contribution in [-0.4, -0.2) is 6.54 Å². The van der Waals surface area contributed by atoms with Crippen molar-refractivity contribution in [2.45, 2.75) is 65.2 Å². The minimum absolute atomic E-state index is 0.234. The van der Waals surface area contributed by atoms with Crippen LogP contribution in [0, 0.1) is 11.3 Å². The quantitative estimate of drug-likeness (QED) is 0.818. The van der Waals surface area contributed by atoms with Gasteiger partial charge in [-0.3, -0.25) is 0 Å². The van der Waals surface area contributed by atoms with Crippen LogP contribution in [-0.2, 0) is 5.41 Å². The molecule has 1 heteroatoms. The van der Waals surface area contributed by atoms with Crippen molar-refractivity contribution in [1.29, 1.82) is 0 Å². The van der Waals surface area contributed by atoms with Gasteiger partial charge in [0.1, 0.15) is 0 Å². The molecule has 1 nitrogen and oxygen atoms in total. The third kappa shape index (κ3) is 3.44. The second kappa shape index (κ2) is 5.52. The maximum absolute atomic E-state index is 6.02. The molecule has 0 saturated heterocycles. The van der Waals surface area contributed by atoms with E-state index in [1.165, 1.54) is 30.4 Å². The highest BCUT2D eigenvalue weighted by molar-refractivity contribution is 5.30. The summed E-state index contributed by atoms with van der Waals surface area (Å²) in [4.78, 5) is 0. The molecule has 0 amide bonds. The minimum atomic E-state index is 0.234. The van der Waals surface area contributed by atoms with Gasteiger partial charge in [-0.15, -0.1) is 0 Å². The number of benzene rings is 1. The third-order valence-electron chi connectivity index (χ3n) is 5.04. The predicted octanol–water partition coefficient (Wildman–Crippen LogP) is 4.85. The molecule has 2 unspecified atom stereocenters.